The quantitative estimate of drug-likeness (QED) is 0.272. The zero-order valence-corrected chi connectivity index (χ0v) is 19.5. The summed E-state index contributed by atoms with van der Waals surface area (Å²) >= 11 is 0. The average molecular weight is 474 g/mol. The van der Waals surface area contributed by atoms with Crippen molar-refractivity contribution >= 4 is 23.4 Å². The monoisotopic (exact) mass is 474 g/mol. The number of phenolic OH excluding ortho intramolecular Hbond substituents is 1. The maximum Gasteiger partial charge on any atom is 0.336 e. The molecule has 11 heteroatoms. The van der Waals surface area contributed by atoms with E-state index in [2.05, 4.69) is 5.32 Å². The molecule has 1 heterocycles. The van der Waals surface area contributed by atoms with Crippen molar-refractivity contribution in [1.82, 2.24) is 5.32 Å². The van der Waals surface area contributed by atoms with Gasteiger partial charge in [-0.2, -0.15) is 0 Å². The zero-order valence-electron chi connectivity index (χ0n) is 19.5. The van der Waals surface area contributed by atoms with Crippen LogP contribution in [0.1, 0.15) is 38.7 Å². The first-order chi connectivity index (χ1) is 16.1. The summed E-state index contributed by atoms with van der Waals surface area (Å²) < 4.78 is 15.2. The van der Waals surface area contributed by atoms with Gasteiger partial charge in [-0.3, -0.25) is 19.7 Å². The number of carbonyl (C=O) groups is 3. The van der Waals surface area contributed by atoms with Crippen LogP contribution in [0, 0.1) is 22.0 Å². The summed E-state index contributed by atoms with van der Waals surface area (Å²) in [6.07, 6.45) is 0.308. The van der Waals surface area contributed by atoms with E-state index in [4.69, 9.17) is 14.2 Å². The smallest absolute Gasteiger partial charge is 0.336 e. The molecule has 0 fully saturated rings. The van der Waals surface area contributed by atoms with Crippen LogP contribution in [0.3, 0.4) is 0 Å². The van der Waals surface area contributed by atoms with E-state index >= 15 is 0 Å². The van der Waals surface area contributed by atoms with Gasteiger partial charge in [0.2, 0.25) is 5.75 Å². The highest BCUT2D eigenvalue weighted by atomic mass is 16.6. The Morgan fingerprint density at radius 3 is 2.53 bits per heavy atom. The molecular formula is C23H26N2O9. The Labute approximate surface area is 195 Å². The van der Waals surface area contributed by atoms with Crippen LogP contribution in [0.25, 0.3) is 0 Å². The Bertz CT molecular complexity index is 1140. The molecule has 3 atom stereocenters. The first-order valence-electron chi connectivity index (χ1n) is 10.6. The topological polar surface area (TPSA) is 154 Å². The van der Waals surface area contributed by atoms with Gasteiger partial charge in [0.1, 0.15) is 5.92 Å². The second-order valence-electron chi connectivity index (χ2n) is 8.10. The number of nitro benzene ring substituents is 1. The normalized spacial score (nSPS) is 22.0. The van der Waals surface area contributed by atoms with Gasteiger partial charge in [0.25, 0.3) is 0 Å². The molecule has 1 aliphatic carbocycles. The van der Waals surface area contributed by atoms with E-state index in [1.807, 2.05) is 0 Å². The fourth-order valence-corrected chi connectivity index (χ4v) is 4.57. The molecule has 2 N–H and O–H groups in total. The molecule has 0 radical (unpaired) electrons. The van der Waals surface area contributed by atoms with E-state index < -0.39 is 45.9 Å². The third-order valence-electron chi connectivity index (χ3n) is 6.07. The maximum atomic E-state index is 13.6. The van der Waals surface area contributed by atoms with Crippen molar-refractivity contribution in [1.29, 1.82) is 0 Å². The largest absolute Gasteiger partial charge is 0.500 e. The number of rotatable bonds is 6. The summed E-state index contributed by atoms with van der Waals surface area (Å²) in [5.74, 6) is -5.46. The van der Waals surface area contributed by atoms with Crippen LogP contribution in [0.2, 0.25) is 0 Å². The van der Waals surface area contributed by atoms with Crippen molar-refractivity contribution in [3.63, 3.8) is 0 Å². The van der Waals surface area contributed by atoms with Crippen molar-refractivity contribution < 1.29 is 38.6 Å². The van der Waals surface area contributed by atoms with Crippen LogP contribution in [0.4, 0.5) is 5.69 Å². The molecule has 1 aromatic rings. The summed E-state index contributed by atoms with van der Waals surface area (Å²) in [6.45, 7) is 5.06. The first kappa shape index (κ1) is 24.7. The zero-order chi connectivity index (χ0) is 25.3. The number of nitro groups is 1. The lowest BCUT2D eigenvalue weighted by Crippen LogP contribution is -2.43. The Morgan fingerprint density at radius 1 is 1.29 bits per heavy atom. The lowest BCUT2D eigenvalue weighted by Gasteiger charge is -2.38. The average Bonchev–Trinajstić information content (AvgIpc) is 2.77. The Balaban J connectivity index is 2.32. The summed E-state index contributed by atoms with van der Waals surface area (Å²) in [5.41, 5.74) is 0.593. The summed E-state index contributed by atoms with van der Waals surface area (Å²) in [7, 11) is 2.41. The minimum atomic E-state index is -1.11. The number of benzene rings is 1. The van der Waals surface area contributed by atoms with Gasteiger partial charge in [0.05, 0.1) is 31.3 Å². The number of carbonyl (C=O) groups excluding carboxylic acids is 3. The Morgan fingerprint density at radius 2 is 1.97 bits per heavy atom. The number of aromatic hydroxyl groups is 1. The highest BCUT2D eigenvalue weighted by Crippen LogP contribution is 2.48. The molecular weight excluding hydrogens is 448 g/mol. The molecule has 0 bridgehead atoms. The standard InChI is InChI=1S/C23H26N2O9/c1-6-34-23(29)17-11(3)24-13-7-10(2)16(22(28)33-5)21(27)19(13)18(17)12-8-14(25(30)31)20(26)15(9-12)32-4/h8-10,16,18,24,26H,6-7H2,1-5H3/t10-,16-,18-/m1/s1. The van der Waals surface area contributed by atoms with Crippen molar-refractivity contribution in [3.8, 4) is 11.5 Å². The van der Waals surface area contributed by atoms with Crippen LogP contribution in [0.5, 0.6) is 11.5 Å². The van der Waals surface area contributed by atoms with Gasteiger partial charge in [-0.05, 0) is 37.8 Å². The number of ketones is 1. The molecule has 3 rings (SSSR count). The molecule has 0 unspecified atom stereocenters. The second kappa shape index (κ2) is 9.54. The number of hydrogen-bond acceptors (Lipinski definition) is 10. The molecule has 11 nitrogen and oxygen atoms in total. The molecule has 182 valence electrons. The molecule has 0 spiro atoms. The molecule has 2 aliphatic rings. The number of nitrogens with one attached hydrogen (secondary N) is 1. The second-order valence-corrected chi connectivity index (χ2v) is 8.10. The van der Waals surface area contributed by atoms with Gasteiger partial charge in [0.15, 0.2) is 11.5 Å². The summed E-state index contributed by atoms with van der Waals surface area (Å²) in [5, 5.41) is 24.9. The minimum absolute atomic E-state index is 0.0586. The van der Waals surface area contributed by atoms with E-state index in [1.165, 1.54) is 20.3 Å². The SMILES string of the molecule is CCOC(=O)C1=C(C)NC2=C(C(=O)[C@H](C(=O)OC)[C@H](C)C2)[C@@H]1c1cc(OC)c(O)c([N+](=O)[O-])c1. The fourth-order valence-electron chi connectivity index (χ4n) is 4.57. The van der Waals surface area contributed by atoms with Crippen LogP contribution in [0.15, 0.2) is 34.7 Å². The predicted octanol–water partition coefficient (Wildman–Crippen LogP) is 2.49. The molecule has 0 amide bonds. The van der Waals surface area contributed by atoms with Gasteiger partial charge >= 0.3 is 17.6 Å². The number of dihydropyridines is 1. The van der Waals surface area contributed by atoms with Crippen LogP contribution in [-0.4, -0.2) is 48.6 Å². The predicted molar refractivity (Wildman–Crippen MR) is 118 cm³/mol. The number of nitrogens with zero attached hydrogens (tertiary/aromatic N) is 1. The number of Topliss-reactive ketones (excluding diaryl/α,β-unsaturated/α-hetero) is 1. The highest BCUT2D eigenvalue weighted by Gasteiger charge is 2.47. The van der Waals surface area contributed by atoms with Gasteiger partial charge in [0, 0.05) is 29.0 Å². The lowest BCUT2D eigenvalue weighted by atomic mass is 9.69. The third-order valence-corrected chi connectivity index (χ3v) is 6.07. The van der Waals surface area contributed by atoms with Gasteiger partial charge in [-0.15, -0.1) is 0 Å². The van der Waals surface area contributed by atoms with Crippen molar-refractivity contribution in [2.45, 2.75) is 33.1 Å². The number of esters is 2. The minimum Gasteiger partial charge on any atom is -0.500 e. The van der Waals surface area contributed by atoms with Crippen LogP contribution >= 0.6 is 0 Å². The summed E-state index contributed by atoms with van der Waals surface area (Å²) in [4.78, 5) is 49.9. The lowest BCUT2D eigenvalue weighted by molar-refractivity contribution is -0.386. The Kier molecular flexibility index (Phi) is 6.94. The molecule has 1 aliphatic heterocycles. The van der Waals surface area contributed by atoms with E-state index in [0.29, 0.717) is 17.8 Å². The van der Waals surface area contributed by atoms with E-state index in [1.54, 1.807) is 20.8 Å². The van der Waals surface area contributed by atoms with Gasteiger partial charge < -0.3 is 24.6 Å². The molecule has 0 aromatic heterocycles. The van der Waals surface area contributed by atoms with E-state index in [0.717, 1.165) is 6.07 Å². The van der Waals surface area contributed by atoms with Gasteiger partial charge in [-0.1, -0.05) is 6.92 Å². The fraction of sp³-hybridized carbons (Fsp3) is 0.435. The number of allylic oxidation sites excluding steroid dienone is 3. The number of ether oxygens (including phenoxy) is 3. The van der Waals surface area contributed by atoms with Crippen LogP contribution in [-0.2, 0) is 23.9 Å². The van der Waals surface area contributed by atoms with Crippen molar-refractivity contribution in [3.05, 3.63) is 50.4 Å². The molecule has 34 heavy (non-hydrogen) atoms. The summed E-state index contributed by atoms with van der Waals surface area (Å²) in [6, 6.07) is 2.41. The third kappa shape index (κ3) is 4.09. The number of phenols is 1. The molecule has 0 saturated heterocycles. The van der Waals surface area contributed by atoms with Crippen molar-refractivity contribution in [2.75, 3.05) is 20.8 Å². The van der Waals surface area contributed by atoms with Gasteiger partial charge in [-0.25, -0.2) is 4.79 Å². The highest BCUT2D eigenvalue weighted by molar-refractivity contribution is 6.12. The Hall–Kier alpha value is -3.89. The maximum absolute atomic E-state index is 13.6. The molecule has 1 aromatic carbocycles. The number of methoxy groups -OCH3 is 2. The van der Waals surface area contributed by atoms with Crippen LogP contribution < -0.4 is 10.1 Å². The van der Waals surface area contributed by atoms with Crippen molar-refractivity contribution in [2.24, 2.45) is 11.8 Å². The molecule has 0 saturated carbocycles. The number of hydrogen-bond donors (Lipinski definition) is 2. The van der Waals surface area contributed by atoms with E-state index in [-0.39, 0.29) is 35.0 Å². The first-order valence-corrected chi connectivity index (χ1v) is 10.6. The van der Waals surface area contributed by atoms with E-state index in [9.17, 15) is 29.6 Å².